The molecule has 0 saturated carbocycles. The van der Waals surface area contributed by atoms with Gasteiger partial charge in [-0.2, -0.15) is 0 Å². The second kappa shape index (κ2) is 7.07. The fourth-order valence-corrected chi connectivity index (χ4v) is 3.83. The Labute approximate surface area is 163 Å². The summed E-state index contributed by atoms with van der Waals surface area (Å²) in [6.45, 7) is 3.85. The van der Waals surface area contributed by atoms with Crippen LogP contribution in [0.15, 0.2) is 47.3 Å². The molecule has 0 bridgehead atoms. The van der Waals surface area contributed by atoms with Crippen molar-refractivity contribution in [3.63, 3.8) is 0 Å². The van der Waals surface area contributed by atoms with Crippen LogP contribution < -0.4 is 10.3 Å². The third-order valence-electron chi connectivity index (χ3n) is 5.40. The van der Waals surface area contributed by atoms with E-state index in [0.717, 1.165) is 16.8 Å². The van der Waals surface area contributed by atoms with Crippen LogP contribution in [0, 0.1) is 6.92 Å². The molecule has 1 aliphatic heterocycles. The first kappa shape index (κ1) is 18.7. The number of benzene rings is 1. The molecule has 0 saturated heterocycles. The van der Waals surface area contributed by atoms with E-state index in [1.807, 2.05) is 56.3 Å². The van der Waals surface area contributed by atoms with Gasteiger partial charge in [-0.25, -0.2) is 4.98 Å². The van der Waals surface area contributed by atoms with Crippen molar-refractivity contribution < 1.29 is 14.8 Å². The van der Waals surface area contributed by atoms with Gasteiger partial charge in [-0.3, -0.25) is 9.36 Å². The average Bonchev–Trinajstić information content (AvgIpc) is 2.67. The van der Waals surface area contributed by atoms with Gasteiger partial charge in [0.2, 0.25) is 0 Å². The Kier molecular flexibility index (Phi) is 4.73. The van der Waals surface area contributed by atoms with E-state index < -0.39 is 12.7 Å². The summed E-state index contributed by atoms with van der Waals surface area (Å²) in [4.78, 5) is 18.0. The maximum atomic E-state index is 13.4. The third kappa shape index (κ3) is 3.32. The highest BCUT2D eigenvalue weighted by Crippen LogP contribution is 2.39. The summed E-state index contributed by atoms with van der Waals surface area (Å²) in [5.41, 5.74) is 2.13. The second-order valence-electron chi connectivity index (χ2n) is 7.68. The molecular weight excluding hydrogens is 355 g/mol. The monoisotopic (exact) mass is 378 g/mol. The molecule has 3 heterocycles. The number of ether oxygens (including phenoxy) is 1. The molecular formula is C21H23BN2O4. The number of hydrogen-bond acceptors (Lipinski definition) is 5. The number of hydrogen-bond donors (Lipinski definition) is 2. The Morgan fingerprint density at radius 3 is 2.68 bits per heavy atom. The van der Waals surface area contributed by atoms with Crippen molar-refractivity contribution in [2.75, 3.05) is 0 Å². The molecule has 144 valence electrons. The number of fused-ring (bicyclic) bond motifs is 3. The zero-order valence-corrected chi connectivity index (χ0v) is 16.1. The van der Waals surface area contributed by atoms with E-state index >= 15 is 0 Å². The van der Waals surface area contributed by atoms with Gasteiger partial charge in [0.1, 0.15) is 11.4 Å². The van der Waals surface area contributed by atoms with E-state index in [0.29, 0.717) is 36.2 Å². The van der Waals surface area contributed by atoms with Crippen LogP contribution in [0.2, 0.25) is 6.32 Å². The normalized spacial score (nSPS) is 18.6. The summed E-state index contributed by atoms with van der Waals surface area (Å²) in [7, 11) is -1.37. The molecule has 1 atom stereocenters. The van der Waals surface area contributed by atoms with Crippen LogP contribution in [0.3, 0.4) is 0 Å². The van der Waals surface area contributed by atoms with Crippen LogP contribution in [0.5, 0.6) is 5.75 Å². The summed E-state index contributed by atoms with van der Waals surface area (Å²) < 4.78 is 7.98. The number of para-hydroxylation sites is 1. The van der Waals surface area contributed by atoms with Crippen LogP contribution in [0.4, 0.5) is 0 Å². The molecule has 4 rings (SSSR count). The van der Waals surface area contributed by atoms with Crippen molar-refractivity contribution in [1.29, 1.82) is 0 Å². The van der Waals surface area contributed by atoms with Crippen molar-refractivity contribution in [1.82, 2.24) is 9.55 Å². The molecule has 28 heavy (non-hydrogen) atoms. The van der Waals surface area contributed by atoms with Crippen molar-refractivity contribution in [2.45, 2.75) is 45.0 Å². The van der Waals surface area contributed by atoms with Gasteiger partial charge in [0.25, 0.3) is 5.56 Å². The molecule has 0 aliphatic carbocycles. The zero-order valence-electron chi connectivity index (χ0n) is 16.1. The number of aryl methyl sites for hydroxylation is 1. The van der Waals surface area contributed by atoms with Gasteiger partial charge in [-0.1, -0.05) is 18.2 Å². The fraction of sp³-hybridized carbons (Fsp3) is 0.333. The molecule has 0 radical (unpaired) electrons. The van der Waals surface area contributed by atoms with Crippen LogP contribution in [-0.2, 0) is 6.42 Å². The standard InChI is InChI=1S/C21H23BN2O4/c1-14-8-9-16-18-17(10-11-21(2,28-18)12-13-22(26)27)20(25)24(19(16)23-14)15-6-4-3-5-7-15/h3-9,26-27H,10-13H2,1-2H3. The maximum absolute atomic E-state index is 13.4. The van der Waals surface area contributed by atoms with E-state index in [2.05, 4.69) is 4.98 Å². The molecule has 6 nitrogen and oxygen atoms in total. The smallest absolute Gasteiger partial charge is 0.451 e. The molecule has 0 spiro atoms. The van der Waals surface area contributed by atoms with Gasteiger partial charge in [0.05, 0.1) is 16.6 Å². The molecule has 1 aromatic carbocycles. The highest BCUT2D eigenvalue weighted by molar-refractivity contribution is 6.40. The fourth-order valence-electron chi connectivity index (χ4n) is 3.83. The van der Waals surface area contributed by atoms with Crippen molar-refractivity contribution >= 4 is 18.2 Å². The lowest BCUT2D eigenvalue weighted by Gasteiger charge is -2.36. The first-order valence-corrected chi connectivity index (χ1v) is 9.54. The van der Waals surface area contributed by atoms with Gasteiger partial charge in [-0.05, 0) is 63.7 Å². The molecule has 3 aromatic rings. The molecule has 0 fully saturated rings. The molecule has 2 N–H and O–H groups in total. The summed E-state index contributed by atoms with van der Waals surface area (Å²) in [6.07, 6.45) is 1.93. The molecule has 1 unspecified atom stereocenters. The third-order valence-corrected chi connectivity index (χ3v) is 5.40. The van der Waals surface area contributed by atoms with Crippen molar-refractivity contribution in [3.05, 3.63) is 64.1 Å². The van der Waals surface area contributed by atoms with Crippen molar-refractivity contribution in [2.24, 2.45) is 0 Å². The van der Waals surface area contributed by atoms with Crippen LogP contribution in [0.1, 0.15) is 31.0 Å². The highest BCUT2D eigenvalue weighted by Gasteiger charge is 2.35. The highest BCUT2D eigenvalue weighted by atomic mass is 16.5. The minimum atomic E-state index is -1.37. The maximum Gasteiger partial charge on any atom is 0.451 e. The average molecular weight is 378 g/mol. The largest absolute Gasteiger partial charge is 0.486 e. The second-order valence-corrected chi connectivity index (χ2v) is 7.68. The molecule has 0 amide bonds. The lowest BCUT2D eigenvalue weighted by atomic mass is 9.77. The lowest BCUT2D eigenvalue weighted by molar-refractivity contribution is 0.0608. The molecule has 2 aromatic heterocycles. The van der Waals surface area contributed by atoms with Gasteiger partial charge < -0.3 is 14.8 Å². The van der Waals surface area contributed by atoms with Crippen LogP contribution >= 0.6 is 0 Å². The number of aromatic nitrogens is 2. The number of rotatable bonds is 4. The van der Waals surface area contributed by atoms with E-state index in [1.54, 1.807) is 4.57 Å². The predicted octanol–water partition coefficient (Wildman–Crippen LogP) is 2.64. The van der Waals surface area contributed by atoms with Gasteiger partial charge >= 0.3 is 7.12 Å². The van der Waals surface area contributed by atoms with Gasteiger partial charge in [0, 0.05) is 5.69 Å². The Bertz CT molecular complexity index is 1080. The Morgan fingerprint density at radius 2 is 1.96 bits per heavy atom. The summed E-state index contributed by atoms with van der Waals surface area (Å²) in [5.74, 6) is 0.570. The van der Waals surface area contributed by atoms with Crippen LogP contribution in [0.25, 0.3) is 16.7 Å². The van der Waals surface area contributed by atoms with Crippen molar-refractivity contribution in [3.8, 4) is 11.4 Å². The topological polar surface area (TPSA) is 84.6 Å². The Balaban J connectivity index is 1.92. The Hall–Kier alpha value is -2.64. The minimum Gasteiger partial charge on any atom is -0.486 e. The predicted molar refractivity (Wildman–Crippen MR) is 109 cm³/mol. The van der Waals surface area contributed by atoms with Gasteiger partial charge in [0.15, 0.2) is 5.65 Å². The zero-order chi connectivity index (χ0) is 19.9. The summed E-state index contributed by atoms with van der Waals surface area (Å²) in [6, 6.07) is 13.4. The van der Waals surface area contributed by atoms with Crippen LogP contribution in [-0.4, -0.2) is 32.3 Å². The molecule has 1 aliphatic rings. The summed E-state index contributed by atoms with van der Waals surface area (Å²) >= 11 is 0. The SMILES string of the molecule is Cc1ccc2c3c(c(=O)n(-c4ccccc4)c2n1)CCC(C)(CCB(O)O)O3. The first-order valence-electron chi connectivity index (χ1n) is 9.54. The minimum absolute atomic E-state index is 0.115. The number of pyridine rings is 2. The Morgan fingerprint density at radius 1 is 1.21 bits per heavy atom. The first-order chi connectivity index (χ1) is 13.4. The van der Waals surface area contributed by atoms with E-state index in [9.17, 15) is 14.8 Å². The quantitative estimate of drug-likeness (QED) is 0.682. The van der Waals surface area contributed by atoms with E-state index in [-0.39, 0.29) is 11.9 Å². The van der Waals surface area contributed by atoms with E-state index in [1.165, 1.54) is 0 Å². The van der Waals surface area contributed by atoms with E-state index in [4.69, 9.17) is 4.74 Å². The lowest BCUT2D eigenvalue weighted by Crippen LogP contribution is -2.40. The summed E-state index contributed by atoms with van der Waals surface area (Å²) in [5, 5.41) is 19.3. The number of nitrogens with zero attached hydrogens (tertiary/aromatic N) is 2. The molecule has 7 heteroatoms. The van der Waals surface area contributed by atoms with Gasteiger partial charge in [-0.15, -0.1) is 0 Å².